The maximum Gasteiger partial charge on any atom is 0.175 e. The maximum absolute atomic E-state index is 14.4. The number of ether oxygens (including phenoxy) is 1. The van der Waals surface area contributed by atoms with Gasteiger partial charge in [-0.25, -0.2) is 12.8 Å². The van der Waals surface area contributed by atoms with Crippen LogP contribution >= 0.6 is 12.4 Å². The molecule has 2 aliphatic rings. The first-order valence-corrected chi connectivity index (χ1v) is 11.1. The highest BCUT2D eigenvalue weighted by atomic mass is 35.5. The summed E-state index contributed by atoms with van der Waals surface area (Å²) in [6.45, 7) is 3.02. The molecule has 0 radical (unpaired) electrons. The summed E-state index contributed by atoms with van der Waals surface area (Å²) in [6, 6.07) is 4.32. The van der Waals surface area contributed by atoms with Crippen LogP contribution in [-0.2, 0) is 14.6 Å². The highest BCUT2D eigenvalue weighted by Gasteiger charge is 2.26. The van der Waals surface area contributed by atoms with Crippen LogP contribution in [0.15, 0.2) is 23.1 Å². The van der Waals surface area contributed by atoms with E-state index in [2.05, 4.69) is 5.32 Å². The van der Waals surface area contributed by atoms with Gasteiger partial charge in [-0.2, -0.15) is 0 Å². The Kier molecular flexibility index (Phi) is 7.89. The minimum absolute atomic E-state index is 0. The lowest BCUT2D eigenvalue weighted by molar-refractivity contribution is -0.000620. The van der Waals surface area contributed by atoms with E-state index >= 15 is 0 Å². The van der Waals surface area contributed by atoms with Gasteiger partial charge in [-0.3, -0.25) is 0 Å². The van der Waals surface area contributed by atoms with Gasteiger partial charge in [-0.1, -0.05) is 6.07 Å². The molecule has 0 unspecified atom stereocenters. The van der Waals surface area contributed by atoms with Crippen molar-refractivity contribution in [3.8, 4) is 0 Å². The summed E-state index contributed by atoms with van der Waals surface area (Å²) in [5.41, 5.74) is 0.643. The van der Waals surface area contributed by atoms with Crippen molar-refractivity contribution < 1.29 is 17.5 Å². The van der Waals surface area contributed by atoms with Gasteiger partial charge in [-0.15, -0.1) is 12.4 Å². The molecule has 2 fully saturated rings. The van der Waals surface area contributed by atoms with Crippen LogP contribution in [0.3, 0.4) is 0 Å². The second kappa shape index (κ2) is 9.49. The Morgan fingerprint density at radius 2 is 1.77 bits per heavy atom. The standard InChI is InChI=1S/C19H28FNO3S.ClH/c1-25(22,23)17-6-7-18(19(20)12-17)15-2-4-16(5-3-15)24-13-14-8-10-21-11-9-14;/h6-7,12,14-16,21H,2-5,8-11,13H2,1H3;1H. The van der Waals surface area contributed by atoms with Crippen LogP contribution in [-0.4, -0.2) is 40.5 Å². The van der Waals surface area contributed by atoms with Crippen molar-refractivity contribution in [1.29, 1.82) is 0 Å². The van der Waals surface area contributed by atoms with Gasteiger partial charge >= 0.3 is 0 Å². The molecular weight excluding hydrogens is 377 g/mol. The van der Waals surface area contributed by atoms with Crippen LogP contribution in [0.5, 0.6) is 0 Å². The molecule has 0 spiro atoms. The molecule has 1 heterocycles. The summed E-state index contributed by atoms with van der Waals surface area (Å²) in [4.78, 5) is 0.0488. The van der Waals surface area contributed by atoms with Crippen molar-refractivity contribution >= 4 is 22.2 Å². The first kappa shape index (κ1) is 21.6. The maximum atomic E-state index is 14.4. The average molecular weight is 406 g/mol. The van der Waals surface area contributed by atoms with Gasteiger partial charge in [0.05, 0.1) is 11.0 Å². The smallest absolute Gasteiger partial charge is 0.175 e. The quantitative estimate of drug-likeness (QED) is 0.811. The van der Waals surface area contributed by atoms with Crippen LogP contribution in [0.25, 0.3) is 0 Å². The number of hydrogen-bond acceptors (Lipinski definition) is 4. The highest BCUT2D eigenvalue weighted by molar-refractivity contribution is 7.90. The monoisotopic (exact) mass is 405 g/mol. The Labute approximate surface area is 162 Å². The first-order valence-electron chi connectivity index (χ1n) is 9.25. The number of sulfone groups is 1. The number of piperidine rings is 1. The molecule has 148 valence electrons. The van der Waals surface area contributed by atoms with Crippen LogP contribution < -0.4 is 5.32 Å². The second-order valence-corrected chi connectivity index (χ2v) is 9.47. The van der Waals surface area contributed by atoms with Gasteiger partial charge in [0, 0.05) is 12.9 Å². The van der Waals surface area contributed by atoms with Crippen molar-refractivity contribution in [2.75, 3.05) is 26.0 Å². The summed E-state index contributed by atoms with van der Waals surface area (Å²) in [6.07, 6.45) is 7.45. The van der Waals surface area contributed by atoms with Crippen molar-refractivity contribution in [2.45, 2.75) is 55.4 Å². The van der Waals surface area contributed by atoms with Crippen LogP contribution in [0.1, 0.15) is 50.0 Å². The molecule has 0 amide bonds. The van der Waals surface area contributed by atoms with E-state index in [1.807, 2.05) is 0 Å². The van der Waals surface area contributed by atoms with Gasteiger partial charge < -0.3 is 10.1 Å². The fourth-order valence-corrected chi connectivity index (χ4v) is 4.56. The number of benzene rings is 1. The topological polar surface area (TPSA) is 55.4 Å². The normalized spacial score (nSPS) is 24.8. The predicted octanol–water partition coefficient (Wildman–Crippen LogP) is 3.69. The molecule has 4 nitrogen and oxygen atoms in total. The van der Waals surface area contributed by atoms with Crippen LogP contribution in [0.4, 0.5) is 4.39 Å². The molecule has 0 aromatic heterocycles. The summed E-state index contributed by atoms with van der Waals surface area (Å²) in [7, 11) is -3.36. The number of nitrogens with one attached hydrogen (secondary N) is 1. The largest absolute Gasteiger partial charge is 0.378 e. The third-order valence-electron chi connectivity index (χ3n) is 5.54. The molecule has 7 heteroatoms. The zero-order valence-corrected chi connectivity index (χ0v) is 16.9. The molecule has 1 N–H and O–H groups in total. The summed E-state index contributed by atoms with van der Waals surface area (Å²) >= 11 is 0. The molecule has 0 bridgehead atoms. The summed E-state index contributed by atoms with van der Waals surface area (Å²) in [5, 5.41) is 3.37. The molecule has 1 aromatic carbocycles. The summed E-state index contributed by atoms with van der Waals surface area (Å²) < 4.78 is 43.5. The van der Waals surface area contributed by atoms with Gasteiger partial charge in [0.15, 0.2) is 9.84 Å². The Balaban J connectivity index is 0.00000243. The molecule has 3 rings (SSSR count). The number of halogens is 2. The van der Waals surface area contributed by atoms with E-state index in [1.165, 1.54) is 18.9 Å². The minimum Gasteiger partial charge on any atom is -0.378 e. The lowest BCUT2D eigenvalue weighted by Crippen LogP contribution is -2.31. The second-order valence-electron chi connectivity index (χ2n) is 7.46. The molecule has 1 aliphatic heterocycles. The highest BCUT2D eigenvalue weighted by Crippen LogP contribution is 2.36. The Bertz CT molecular complexity index is 684. The predicted molar refractivity (Wildman–Crippen MR) is 103 cm³/mol. The van der Waals surface area contributed by atoms with Crippen molar-refractivity contribution in [3.05, 3.63) is 29.6 Å². The molecule has 1 aromatic rings. The molecular formula is C19H29ClFNO3S. The fourth-order valence-electron chi connectivity index (χ4n) is 3.93. The van der Waals surface area contributed by atoms with Crippen molar-refractivity contribution in [1.82, 2.24) is 5.32 Å². The SMILES string of the molecule is CS(=O)(=O)c1ccc(C2CCC(OCC3CCNCC3)CC2)c(F)c1.Cl. The van der Waals surface area contributed by atoms with Gasteiger partial charge in [0.2, 0.25) is 0 Å². The van der Waals surface area contributed by atoms with E-state index in [0.717, 1.165) is 57.7 Å². The third kappa shape index (κ3) is 5.65. The lowest BCUT2D eigenvalue weighted by Gasteiger charge is -2.31. The lowest BCUT2D eigenvalue weighted by atomic mass is 9.82. The Morgan fingerprint density at radius 1 is 1.12 bits per heavy atom. The first-order chi connectivity index (χ1) is 11.9. The fraction of sp³-hybridized carbons (Fsp3) is 0.684. The van der Waals surface area contributed by atoms with E-state index in [0.29, 0.717) is 11.5 Å². The van der Waals surface area contributed by atoms with E-state index in [4.69, 9.17) is 4.74 Å². The van der Waals surface area contributed by atoms with E-state index in [9.17, 15) is 12.8 Å². The molecule has 0 atom stereocenters. The third-order valence-corrected chi connectivity index (χ3v) is 6.65. The van der Waals surface area contributed by atoms with E-state index in [-0.39, 0.29) is 29.3 Å². The molecule has 1 saturated carbocycles. The number of hydrogen-bond donors (Lipinski definition) is 1. The van der Waals surface area contributed by atoms with Crippen molar-refractivity contribution in [2.24, 2.45) is 5.92 Å². The Morgan fingerprint density at radius 3 is 2.35 bits per heavy atom. The van der Waals surface area contributed by atoms with Gasteiger partial charge in [0.25, 0.3) is 0 Å². The van der Waals surface area contributed by atoms with Crippen molar-refractivity contribution in [3.63, 3.8) is 0 Å². The summed E-state index contributed by atoms with van der Waals surface area (Å²) in [5.74, 6) is 0.425. The zero-order chi connectivity index (χ0) is 17.9. The van der Waals surface area contributed by atoms with Gasteiger partial charge in [-0.05, 0) is 81.1 Å². The van der Waals surface area contributed by atoms with Crippen LogP contribution in [0.2, 0.25) is 0 Å². The van der Waals surface area contributed by atoms with E-state index in [1.54, 1.807) is 6.07 Å². The Hall–Kier alpha value is -0.690. The molecule has 1 saturated heterocycles. The zero-order valence-electron chi connectivity index (χ0n) is 15.2. The van der Waals surface area contributed by atoms with Crippen LogP contribution in [0, 0.1) is 11.7 Å². The molecule has 26 heavy (non-hydrogen) atoms. The number of rotatable bonds is 5. The van der Waals surface area contributed by atoms with Gasteiger partial charge in [0.1, 0.15) is 5.82 Å². The van der Waals surface area contributed by atoms with E-state index < -0.39 is 15.7 Å². The molecule has 1 aliphatic carbocycles. The minimum atomic E-state index is -3.36. The average Bonchev–Trinajstić information content (AvgIpc) is 2.60.